The van der Waals surface area contributed by atoms with Gasteiger partial charge in [0.1, 0.15) is 5.75 Å². The molecule has 1 rings (SSSR count). The van der Waals surface area contributed by atoms with E-state index in [4.69, 9.17) is 9.84 Å². The Balaban J connectivity index is 2.57. The zero-order valence-electron chi connectivity index (χ0n) is 12.3. The van der Waals surface area contributed by atoms with Crippen molar-refractivity contribution in [3.8, 4) is 5.75 Å². The monoisotopic (exact) mass is 280 g/mol. The van der Waals surface area contributed by atoms with Gasteiger partial charge in [-0.05, 0) is 37.6 Å². The van der Waals surface area contributed by atoms with Crippen molar-refractivity contribution in [3.63, 3.8) is 0 Å². The Labute approximate surface area is 120 Å². The summed E-state index contributed by atoms with van der Waals surface area (Å²) in [7, 11) is 0. The average molecular weight is 280 g/mol. The van der Waals surface area contributed by atoms with E-state index >= 15 is 0 Å². The summed E-state index contributed by atoms with van der Waals surface area (Å²) in [5.41, 5.74) is 0.720. The third kappa shape index (κ3) is 5.48. The van der Waals surface area contributed by atoms with Crippen LogP contribution in [0.25, 0.3) is 0 Å². The zero-order valence-corrected chi connectivity index (χ0v) is 12.3. The SMILES string of the molecule is CCCCN(CCO)C(=O)Nc1ccc(OCC)cc1. The Bertz CT molecular complexity index is 393. The third-order valence-electron chi connectivity index (χ3n) is 2.86. The first-order valence-electron chi connectivity index (χ1n) is 7.10. The van der Waals surface area contributed by atoms with Gasteiger partial charge >= 0.3 is 6.03 Å². The Morgan fingerprint density at radius 3 is 2.50 bits per heavy atom. The standard InChI is InChI=1S/C15H24N2O3/c1-3-5-10-17(11-12-18)15(19)16-13-6-8-14(9-7-13)20-4-2/h6-9,18H,3-5,10-12H2,1-2H3,(H,16,19). The lowest BCUT2D eigenvalue weighted by Gasteiger charge is -2.22. The summed E-state index contributed by atoms with van der Waals surface area (Å²) in [6.45, 7) is 5.59. The van der Waals surface area contributed by atoms with Crippen LogP contribution in [0.2, 0.25) is 0 Å². The first-order valence-corrected chi connectivity index (χ1v) is 7.10. The van der Waals surface area contributed by atoms with Crippen LogP contribution in [0.15, 0.2) is 24.3 Å². The second-order valence-corrected chi connectivity index (χ2v) is 4.45. The van der Waals surface area contributed by atoms with Crippen molar-refractivity contribution in [3.05, 3.63) is 24.3 Å². The molecule has 112 valence electrons. The molecule has 1 aromatic carbocycles. The molecule has 5 heteroatoms. The Hall–Kier alpha value is -1.75. The van der Waals surface area contributed by atoms with Gasteiger partial charge < -0.3 is 20.1 Å². The topological polar surface area (TPSA) is 61.8 Å². The molecule has 1 aromatic rings. The maximum absolute atomic E-state index is 12.1. The number of nitrogens with zero attached hydrogens (tertiary/aromatic N) is 1. The van der Waals surface area contributed by atoms with Crippen molar-refractivity contribution in [1.82, 2.24) is 4.90 Å². The second-order valence-electron chi connectivity index (χ2n) is 4.45. The van der Waals surface area contributed by atoms with E-state index in [-0.39, 0.29) is 12.6 Å². The highest BCUT2D eigenvalue weighted by Gasteiger charge is 2.12. The largest absolute Gasteiger partial charge is 0.494 e. The van der Waals surface area contributed by atoms with Crippen LogP contribution >= 0.6 is 0 Å². The van der Waals surface area contributed by atoms with E-state index in [2.05, 4.69) is 12.2 Å². The highest BCUT2D eigenvalue weighted by Crippen LogP contribution is 2.16. The third-order valence-corrected chi connectivity index (χ3v) is 2.86. The summed E-state index contributed by atoms with van der Waals surface area (Å²) in [6, 6.07) is 7.07. The Morgan fingerprint density at radius 2 is 1.95 bits per heavy atom. The maximum atomic E-state index is 12.1. The number of aliphatic hydroxyl groups is 1. The molecule has 0 aliphatic carbocycles. The minimum absolute atomic E-state index is 0.0274. The molecule has 0 aliphatic heterocycles. The summed E-state index contributed by atoms with van der Waals surface area (Å²) in [5.74, 6) is 0.781. The highest BCUT2D eigenvalue weighted by molar-refractivity contribution is 5.89. The molecule has 0 saturated carbocycles. The summed E-state index contributed by atoms with van der Waals surface area (Å²) < 4.78 is 5.35. The predicted octanol–water partition coefficient (Wildman–Crippen LogP) is 2.71. The van der Waals surface area contributed by atoms with Crippen molar-refractivity contribution >= 4 is 11.7 Å². The van der Waals surface area contributed by atoms with Gasteiger partial charge in [-0.25, -0.2) is 4.79 Å². The first-order chi connectivity index (χ1) is 9.71. The van der Waals surface area contributed by atoms with Crippen molar-refractivity contribution in [2.75, 3.05) is 31.6 Å². The van der Waals surface area contributed by atoms with Crippen LogP contribution in [-0.4, -0.2) is 42.3 Å². The van der Waals surface area contributed by atoms with Crippen LogP contribution in [0.3, 0.4) is 0 Å². The second kappa shape index (κ2) is 9.20. The van der Waals surface area contributed by atoms with Crippen LogP contribution in [0.5, 0.6) is 5.75 Å². The van der Waals surface area contributed by atoms with Crippen molar-refractivity contribution < 1.29 is 14.6 Å². The molecule has 5 nitrogen and oxygen atoms in total. The summed E-state index contributed by atoms with van der Waals surface area (Å²) in [4.78, 5) is 13.7. The van der Waals surface area contributed by atoms with E-state index in [9.17, 15) is 4.79 Å². The summed E-state index contributed by atoms with van der Waals surface area (Å²) in [5, 5.41) is 11.8. The number of aliphatic hydroxyl groups excluding tert-OH is 1. The molecule has 0 fully saturated rings. The number of hydrogen-bond acceptors (Lipinski definition) is 3. The van der Waals surface area contributed by atoms with Crippen LogP contribution in [0.1, 0.15) is 26.7 Å². The maximum Gasteiger partial charge on any atom is 0.321 e. The number of hydrogen-bond donors (Lipinski definition) is 2. The molecular formula is C15H24N2O3. The lowest BCUT2D eigenvalue weighted by molar-refractivity contribution is 0.187. The van der Waals surface area contributed by atoms with Gasteiger partial charge in [-0.15, -0.1) is 0 Å². The van der Waals surface area contributed by atoms with Gasteiger partial charge in [0.15, 0.2) is 0 Å². The molecule has 2 N–H and O–H groups in total. The number of nitrogens with one attached hydrogen (secondary N) is 1. The van der Waals surface area contributed by atoms with E-state index in [1.807, 2.05) is 19.1 Å². The van der Waals surface area contributed by atoms with E-state index in [1.54, 1.807) is 17.0 Å². The molecule has 0 saturated heterocycles. The molecule has 0 aliphatic rings. The number of amides is 2. The number of anilines is 1. The lowest BCUT2D eigenvalue weighted by Crippen LogP contribution is -2.37. The molecule has 2 amide bonds. The van der Waals surface area contributed by atoms with Crippen LogP contribution in [-0.2, 0) is 0 Å². The zero-order chi connectivity index (χ0) is 14.8. The van der Waals surface area contributed by atoms with Crippen LogP contribution in [0.4, 0.5) is 10.5 Å². The Kier molecular flexibility index (Phi) is 7.50. The number of carbonyl (C=O) groups excluding carboxylic acids is 1. The number of benzene rings is 1. The van der Waals surface area contributed by atoms with Gasteiger partial charge in [0.25, 0.3) is 0 Å². The van der Waals surface area contributed by atoms with Gasteiger partial charge in [-0.1, -0.05) is 13.3 Å². The quantitative estimate of drug-likeness (QED) is 0.769. The van der Waals surface area contributed by atoms with Gasteiger partial charge in [0.05, 0.1) is 13.2 Å². The number of ether oxygens (including phenoxy) is 1. The average Bonchev–Trinajstić information content (AvgIpc) is 2.45. The van der Waals surface area contributed by atoms with E-state index < -0.39 is 0 Å². The Morgan fingerprint density at radius 1 is 1.25 bits per heavy atom. The van der Waals surface area contributed by atoms with Gasteiger partial charge in [0.2, 0.25) is 0 Å². The minimum atomic E-state index is -0.184. The summed E-state index contributed by atoms with van der Waals surface area (Å²) >= 11 is 0. The molecule has 0 radical (unpaired) electrons. The molecule has 20 heavy (non-hydrogen) atoms. The van der Waals surface area contributed by atoms with Crippen LogP contribution in [0, 0.1) is 0 Å². The van der Waals surface area contributed by atoms with Gasteiger partial charge in [-0.3, -0.25) is 0 Å². The van der Waals surface area contributed by atoms with Crippen molar-refractivity contribution in [2.45, 2.75) is 26.7 Å². The fraction of sp³-hybridized carbons (Fsp3) is 0.533. The highest BCUT2D eigenvalue weighted by atomic mass is 16.5. The first kappa shape index (κ1) is 16.3. The lowest BCUT2D eigenvalue weighted by atomic mass is 10.3. The predicted molar refractivity (Wildman–Crippen MR) is 80.2 cm³/mol. The van der Waals surface area contributed by atoms with Crippen molar-refractivity contribution in [1.29, 1.82) is 0 Å². The molecule has 0 unspecified atom stereocenters. The molecule has 0 heterocycles. The van der Waals surface area contributed by atoms with E-state index in [0.29, 0.717) is 19.7 Å². The molecular weight excluding hydrogens is 256 g/mol. The smallest absolute Gasteiger partial charge is 0.321 e. The molecule has 0 aromatic heterocycles. The fourth-order valence-corrected chi connectivity index (χ4v) is 1.79. The fourth-order valence-electron chi connectivity index (χ4n) is 1.79. The number of urea groups is 1. The number of unbranched alkanes of at least 4 members (excludes halogenated alkanes) is 1. The summed E-state index contributed by atoms with van der Waals surface area (Å²) in [6.07, 6.45) is 1.94. The molecule has 0 atom stereocenters. The van der Waals surface area contributed by atoms with Crippen molar-refractivity contribution in [2.24, 2.45) is 0 Å². The molecule has 0 bridgehead atoms. The minimum Gasteiger partial charge on any atom is -0.494 e. The number of rotatable bonds is 8. The molecule has 0 spiro atoms. The van der Waals surface area contributed by atoms with Gasteiger partial charge in [0, 0.05) is 18.8 Å². The van der Waals surface area contributed by atoms with E-state index in [1.165, 1.54) is 0 Å². The normalized spacial score (nSPS) is 10.2. The van der Waals surface area contributed by atoms with Crippen LogP contribution < -0.4 is 10.1 Å². The van der Waals surface area contributed by atoms with Gasteiger partial charge in [-0.2, -0.15) is 0 Å². The van der Waals surface area contributed by atoms with E-state index in [0.717, 1.165) is 24.3 Å². The number of carbonyl (C=O) groups is 1.